The number of ether oxygens (including phenoxy) is 1. The maximum absolute atomic E-state index is 11.7. The summed E-state index contributed by atoms with van der Waals surface area (Å²) in [6.45, 7) is 6.95. The van der Waals surface area contributed by atoms with Crippen molar-refractivity contribution in [3.63, 3.8) is 0 Å². The lowest BCUT2D eigenvalue weighted by Crippen LogP contribution is -2.37. The van der Waals surface area contributed by atoms with Gasteiger partial charge >= 0.3 is 6.09 Å². The summed E-state index contributed by atoms with van der Waals surface area (Å²) >= 11 is 5.63. The Labute approximate surface area is 161 Å². The van der Waals surface area contributed by atoms with Gasteiger partial charge in [0, 0.05) is 13.1 Å². The SMILES string of the molecule is C#CC(N)=NC(=NCCl)NCC1CCC(CNC(=O)OC(C)(C)C)CC1. The molecule has 146 valence electrons. The van der Waals surface area contributed by atoms with Crippen molar-refractivity contribution in [3.8, 4) is 12.3 Å². The first-order valence-corrected chi connectivity index (χ1v) is 9.39. The van der Waals surface area contributed by atoms with Crippen LogP contribution in [0.25, 0.3) is 0 Å². The second kappa shape index (κ2) is 10.9. The molecule has 1 amide bonds. The smallest absolute Gasteiger partial charge is 0.407 e. The molecular formula is C18H30ClN5O2. The van der Waals surface area contributed by atoms with Crippen LogP contribution in [0.4, 0.5) is 4.79 Å². The maximum Gasteiger partial charge on any atom is 0.407 e. The number of alkyl halides is 1. The fourth-order valence-corrected chi connectivity index (χ4v) is 2.86. The van der Waals surface area contributed by atoms with E-state index in [-0.39, 0.29) is 17.9 Å². The molecule has 7 nitrogen and oxygen atoms in total. The maximum atomic E-state index is 11.7. The average molecular weight is 384 g/mol. The molecule has 1 rings (SSSR count). The first-order valence-electron chi connectivity index (χ1n) is 8.85. The Hall–Kier alpha value is -1.94. The van der Waals surface area contributed by atoms with E-state index in [1.807, 2.05) is 20.8 Å². The van der Waals surface area contributed by atoms with Gasteiger partial charge in [0.15, 0.2) is 5.84 Å². The molecular weight excluding hydrogens is 354 g/mol. The highest BCUT2D eigenvalue weighted by molar-refractivity contribution is 6.18. The molecule has 0 unspecified atom stereocenters. The van der Waals surface area contributed by atoms with Gasteiger partial charge in [-0.05, 0) is 64.2 Å². The molecule has 1 saturated carbocycles. The zero-order chi connectivity index (χ0) is 19.6. The number of hydrogen-bond donors (Lipinski definition) is 3. The van der Waals surface area contributed by atoms with E-state index in [0.29, 0.717) is 24.3 Å². The van der Waals surface area contributed by atoms with Gasteiger partial charge < -0.3 is 21.1 Å². The van der Waals surface area contributed by atoms with Crippen molar-refractivity contribution in [1.82, 2.24) is 10.6 Å². The first kappa shape index (κ1) is 22.1. The number of carbonyl (C=O) groups is 1. The third-order valence-corrected chi connectivity index (χ3v) is 4.15. The van der Waals surface area contributed by atoms with Crippen LogP contribution in [0.2, 0.25) is 0 Å². The summed E-state index contributed by atoms with van der Waals surface area (Å²) in [4.78, 5) is 19.8. The van der Waals surface area contributed by atoms with Gasteiger partial charge in [-0.1, -0.05) is 0 Å². The number of nitrogens with two attached hydrogens (primary N) is 1. The van der Waals surface area contributed by atoms with Crippen molar-refractivity contribution in [1.29, 1.82) is 0 Å². The van der Waals surface area contributed by atoms with Crippen molar-refractivity contribution >= 4 is 29.5 Å². The van der Waals surface area contributed by atoms with Crippen LogP contribution < -0.4 is 16.4 Å². The third kappa shape index (κ3) is 9.52. The molecule has 0 aromatic heterocycles. The number of amides is 1. The monoisotopic (exact) mass is 383 g/mol. The minimum absolute atomic E-state index is 0.0679. The number of guanidine groups is 1. The minimum Gasteiger partial charge on any atom is -0.444 e. The highest BCUT2D eigenvalue weighted by Crippen LogP contribution is 2.28. The zero-order valence-electron chi connectivity index (χ0n) is 15.8. The van der Waals surface area contributed by atoms with Crippen LogP contribution >= 0.6 is 11.6 Å². The Morgan fingerprint density at radius 3 is 2.23 bits per heavy atom. The summed E-state index contributed by atoms with van der Waals surface area (Å²) in [5, 5.41) is 6.02. The number of terminal acetylenes is 1. The summed E-state index contributed by atoms with van der Waals surface area (Å²) in [7, 11) is 0. The lowest BCUT2D eigenvalue weighted by atomic mass is 9.82. The molecule has 0 aromatic carbocycles. The van der Waals surface area contributed by atoms with Crippen LogP contribution in [-0.2, 0) is 4.74 Å². The molecule has 1 fully saturated rings. The topological polar surface area (TPSA) is 101 Å². The third-order valence-electron chi connectivity index (χ3n) is 4.03. The highest BCUT2D eigenvalue weighted by atomic mass is 35.5. The Morgan fingerprint density at radius 2 is 1.77 bits per heavy atom. The molecule has 0 radical (unpaired) electrons. The van der Waals surface area contributed by atoms with Gasteiger partial charge in [0.2, 0.25) is 5.96 Å². The molecule has 0 aliphatic heterocycles. The molecule has 26 heavy (non-hydrogen) atoms. The van der Waals surface area contributed by atoms with Crippen LogP contribution in [0.3, 0.4) is 0 Å². The number of carbonyl (C=O) groups excluding carboxylic acids is 1. The highest BCUT2D eigenvalue weighted by Gasteiger charge is 2.23. The number of nitrogens with zero attached hydrogens (tertiary/aromatic N) is 2. The van der Waals surface area contributed by atoms with E-state index in [2.05, 4.69) is 26.5 Å². The average Bonchev–Trinajstić information content (AvgIpc) is 2.57. The Balaban J connectivity index is 2.32. The number of aliphatic imine (C=N–C) groups is 2. The minimum atomic E-state index is -0.471. The van der Waals surface area contributed by atoms with Gasteiger partial charge in [-0.25, -0.2) is 9.79 Å². The van der Waals surface area contributed by atoms with E-state index in [1.165, 1.54) is 0 Å². The molecule has 1 aliphatic carbocycles. The number of alkyl carbamates (subject to hydrolysis) is 1. The van der Waals surface area contributed by atoms with Crippen LogP contribution in [0.1, 0.15) is 46.5 Å². The zero-order valence-corrected chi connectivity index (χ0v) is 16.6. The molecule has 8 heteroatoms. The largest absolute Gasteiger partial charge is 0.444 e. The molecule has 0 atom stereocenters. The molecule has 0 bridgehead atoms. The van der Waals surface area contributed by atoms with Crippen LogP contribution in [0.15, 0.2) is 9.98 Å². The number of rotatable bonds is 5. The molecule has 0 heterocycles. The second-order valence-corrected chi connectivity index (χ2v) is 7.63. The van der Waals surface area contributed by atoms with Crippen LogP contribution in [-0.4, -0.2) is 42.6 Å². The summed E-state index contributed by atoms with van der Waals surface area (Å²) in [5.41, 5.74) is 5.06. The van der Waals surface area contributed by atoms with Gasteiger partial charge in [-0.15, -0.1) is 18.0 Å². The van der Waals surface area contributed by atoms with E-state index in [4.69, 9.17) is 28.5 Å². The standard InChI is InChI=1S/C18H30ClN5O2/c1-5-15(20)24-16(23-12-19)21-10-13-6-8-14(9-7-13)11-22-17(25)26-18(2,3)4/h1,13-14H,6-12H2,2-4H3,(H,22,25)(H3,20,21,23,24). The van der Waals surface area contributed by atoms with Gasteiger partial charge in [-0.2, -0.15) is 4.99 Å². The first-order chi connectivity index (χ1) is 12.2. The molecule has 0 saturated heterocycles. The van der Waals surface area contributed by atoms with Crippen LogP contribution in [0.5, 0.6) is 0 Å². The summed E-state index contributed by atoms with van der Waals surface area (Å²) in [5.74, 6) is 3.67. The van der Waals surface area contributed by atoms with E-state index in [0.717, 1.165) is 32.2 Å². The van der Waals surface area contributed by atoms with Gasteiger partial charge in [-0.3, -0.25) is 0 Å². The van der Waals surface area contributed by atoms with Crippen molar-refractivity contribution in [2.45, 2.75) is 52.1 Å². The predicted octanol–water partition coefficient (Wildman–Crippen LogP) is 2.45. The number of hydrogen-bond acceptors (Lipinski definition) is 3. The summed E-state index contributed by atoms with van der Waals surface area (Å²) in [6.07, 6.45) is 9.08. The summed E-state index contributed by atoms with van der Waals surface area (Å²) < 4.78 is 5.26. The number of nitrogens with one attached hydrogen (secondary N) is 2. The molecule has 0 aromatic rings. The van der Waals surface area contributed by atoms with Crippen molar-refractivity contribution < 1.29 is 9.53 Å². The normalized spacial score (nSPS) is 21.7. The quantitative estimate of drug-likeness (QED) is 0.223. The lowest BCUT2D eigenvalue weighted by Gasteiger charge is -2.29. The molecule has 0 spiro atoms. The van der Waals surface area contributed by atoms with E-state index in [9.17, 15) is 4.79 Å². The van der Waals surface area contributed by atoms with Crippen molar-refractivity contribution in [3.05, 3.63) is 0 Å². The second-order valence-electron chi connectivity index (χ2n) is 7.39. The van der Waals surface area contributed by atoms with Gasteiger partial charge in [0.05, 0.1) is 0 Å². The van der Waals surface area contributed by atoms with Crippen molar-refractivity contribution in [2.75, 3.05) is 19.1 Å². The molecule has 1 aliphatic rings. The van der Waals surface area contributed by atoms with Crippen LogP contribution in [0, 0.1) is 24.2 Å². The van der Waals surface area contributed by atoms with E-state index in [1.54, 1.807) is 0 Å². The molecule has 4 N–H and O–H groups in total. The van der Waals surface area contributed by atoms with Gasteiger partial charge in [0.25, 0.3) is 0 Å². The summed E-state index contributed by atoms with van der Waals surface area (Å²) in [6, 6.07) is 0.0900. The van der Waals surface area contributed by atoms with Crippen molar-refractivity contribution in [2.24, 2.45) is 27.6 Å². The predicted molar refractivity (Wildman–Crippen MR) is 106 cm³/mol. The van der Waals surface area contributed by atoms with E-state index >= 15 is 0 Å². The Kier molecular flexibility index (Phi) is 9.28. The fraction of sp³-hybridized carbons (Fsp3) is 0.722. The fourth-order valence-electron chi connectivity index (χ4n) is 2.75. The van der Waals surface area contributed by atoms with E-state index < -0.39 is 5.60 Å². The Bertz CT molecular complexity index is 555. The number of halogens is 1. The lowest BCUT2D eigenvalue weighted by molar-refractivity contribution is 0.0513. The number of amidine groups is 1. The Morgan fingerprint density at radius 1 is 1.23 bits per heavy atom. The van der Waals surface area contributed by atoms with Gasteiger partial charge in [0.1, 0.15) is 11.6 Å².